The van der Waals surface area contributed by atoms with Crippen LogP contribution in [0.15, 0.2) is 53.6 Å². The summed E-state index contributed by atoms with van der Waals surface area (Å²) in [5, 5.41) is 9.01. The molecule has 0 radical (unpaired) electrons. The molecule has 1 saturated heterocycles. The van der Waals surface area contributed by atoms with E-state index in [0.717, 1.165) is 11.1 Å². The van der Waals surface area contributed by atoms with Gasteiger partial charge in [-0.1, -0.05) is 36.4 Å². The predicted octanol–water partition coefficient (Wildman–Crippen LogP) is 1.99. The second-order valence-corrected chi connectivity index (χ2v) is 5.15. The van der Waals surface area contributed by atoms with E-state index in [1.54, 1.807) is 17.1 Å². The number of aliphatic carboxylic acids is 1. The van der Waals surface area contributed by atoms with Gasteiger partial charge in [-0.05, 0) is 23.6 Å². The van der Waals surface area contributed by atoms with Crippen molar-refractivity contribution in [2.24, 2.45) is 5.92 Å². The van der Waals surface area contributed by atoms with Crippen molar-refractivity contribution >= 4 is 11.9 Å². The van der Waals surface area contributed by atoms with Crippen molar-refractivity contribution in [3.05, 3.63) is 59.2 Å². The average Bonchev–Trinajstić information content (AvgIpc) is 2.76. The molecule has 1 aromatic rings. The van der Waals surface area contributed by atoms with Crippen LogP contribution < -0.4 is 0 Å². The van der Waals surface area contributed by atoms with E-state index in [-0.39, 0.29) is 11.8 Å². The number of carboxylic acids is 1. The first kappa shape index (κ1) is 12.7. The van der Waals surface area contributed by atoms with Crippen molar-refractivity contribution in [3.8, 4) is 0 Å². The lowest BCUT2D eigenvalue weighted by atomic mass is 9.91. The number of carboxylic acid groups (broad SMARTS) is 1. The van der Waals surface area contributed by atoms with E-state index in [4.69, 9.17) is 5.11 Å². The third kappa shape index (κ3) is 2.25. The van der Waals surface area contributed by atoms with Crippen molar-refractivity contribution in [2.45, 2.75) is 13.0 Å². The van der Waals surface area contributed by atoms with Crippen molar-refractivity contribution < 1.29 is 14.7 Å². The molecule has 0 bridgehead atoms. The minimum Gasteiger partial charge on any atom is -0.478 e. The normalized spacial score (nSPS) is 21.3. The average molecular weight is 269 g/mol. The van der Waals surface area contributed by atoms with Gasteiger partial charge in [-0.2, -0.15) is 0 Å². The monoisotopic (exact) mass is 269 g/mol. The summed E-state index contributed by atoms with van der Waals surface area (Å²) in [7, 11) is 0. The third-order valence-electron chi connectivity index (χ3n) is 3.81. The van der Waals surface area contributed by atoms with Crippen LogP contribution in [0.5, 0.6) is 0 Å². The van der Waals surface area contributed by atoms with Gasteiger partial charge in [0.1, 0.15) is 0 Å². The summed E-state index contributed by atoms with van der Waals surface area (Å²) in [6.07, 6.45) is 3.79. The fourth-order valence-corrected chi connectivity index (χ4v) is 2.78. The van der Waals surface area contributed by atoms with Gasteiger partial charge in [-0.15, -0.1) is 0 Å². The summed E-state index contributed by atoms with van der Waals surface area (Å²) in [6, 6.07) is 9.83. The highest BCUT2D eigenvalue weighted by atomic mass is 16.4. The molecule has 4 nitrogen and oxygen atoms in total. The van der Waals surface area contributed by atoms with Crippen molar-refractivity contribution in [1.82, 2.24) is 4.90 Å². The molecule has 4 heteroatoms. The van der Waals surface area contributed by atoms with Gasteiger partial charge in [0, 0.05) is 13.1 Å². The Morgan fingerprint density at radius 2 is 2.05 bits per heavy atom. The van der Waals surface area contributed by atoms with Crippen LogP contribution in [0.25, 0.3) is 0 Å². The maximum atomic E-state index is 12.3. The van der Waals surface area contributed by atoms with Gasteiger partial charge < -0.3 is 10.0 Å². The first-order valence-electron chi connectivity index (χ1n) is 6.62. The van der Waals surface area contributed by atoms with E-state index in [1.165, 1.54) is 0 Å². The maximum absolute atomic E-state index is 12.3. The molecule has 1 heterocycles. The standard InChI is InChI=1S/C16H15NO3/c18-15-14-7-6-12(16(19)20)8-13(14)10-17(15)9-11-4-2-1-3-5-11/h1-6,8,14H,7,9-10H2,(H,19,20). The molecule has 1 N–H and O–H groups in total. The van der Waals surface area contributed by atoms with Gasteiger partial charge in [-0.3, -0.25) is 4.79 Å². The Hall–Kier alpha value is -2.36. The van der Waals surface area contributed by atoms with Crippen LogP contribution >= 0.6 is 0 Å². The SMILES string of the molecule is O=C(O)C1=CCC2C(=O)N(Cc3ccccc3)CC2=C1. The van der Waals surface area contributed by atoms with Gasteiger partial charge in [0.2, 0.25) is 5.91 Å². The van der Waals surface area contributed by atoms with Crippen LogP contribution in [0, 0.1) is 5.92 Å². The van der Waals surface area contributed by atoms with Crippen LogP contribution in [-0.2, 0) is 16.1 Å². The smallest absolute Gasteiger partial charge is 0.335 e. The molecule has 1 aliphatic heterocycles. The number of fused-ring (bicyclic) bond motifs is 1. The number of rotatable bonds is 3. The molecule has 1 aliphatic carbocycles. The summed E-state index contributed by atoms with van der Waals surface area (Å²) in [4.78, 5) is 25.1. The van der Waals surface area contributed by atoms with E-state index < -0.39 is 5.97 Å². The van der Waals surface area contributed by atoms with E-state index in [2.05, 4.69) is 0 Å². The van der Waals surface area contributed by atoms with Gasteiger partial charge in [0.25, 0.3) is 0 Å². The summed E-state index contributed by atoms with van der Waals surface area (Å²) in [5.41, 5.74) is 2.31. The Morgan fingerprint density at radius 1 is 1.30 bits per heavy atom. The Morgan fingerprint density at radius 3 is 2.75 bits per heavy atom. The molecule has 1 aromatic carbocycles. The summed E-state index contributed by atoms with van der Waals surface area (Å²) in [6.45, 7) is 1.11. The predicted molar refractivity (Wildman–Crippen MR) is 73.8 cm³/mol. The number of hydrogen-bond donors (Lipinski definition) is 1. The molecule has 102 valence electrons. The zero-order chi connectivity index (χ0) is 14.1. The highest BCUT2D eigenvalue weighted by Crippen LogP contribution is 2.33. The molecule has 0 spiro atoms. The first-order chi connectivity index (χ1) is 9.65. The van der Waals surface area contributed by atoms with Crippen LogP contribution in [0.1, 0.15) is 12.0 Å². The minimum absolute atomic E-state index is 0.0980. The number of benzene rings is 1. The number of carbonyl (C=O) groups excluding carboxylic acids is 1. The largest absolute Gasteiger partial charge is 0.478 e. The summed E-state index contributed by atoms with van der Waals surface area (Å²) in [5.74, 6) is -0.993. The number of allylic oxidation sites excluding steroid dienone is 1. The van der Waals surface area contributed by atoms with E-state index >= 15 is 0 Å². The quantitative estimate of drug-likeness (QED) is 0.913. The van der Waals surface area contributed by atoms with Gasteiger partial charge in [0.15, 0.2) is 0 Å². The number of nitrogens with zero attached hydrogens (tertiary/aromatic N) is 1. The van der Waals surface area contributed by atoms with Gasteiger partial charge in [0.05, 0.1) is 11.5 Å². The lowest BCUT2D eigenvalue weighted by Gasteiger charge is -2.16. The highest BCUT2D eigenvalue weighted by Gasteiger charge is 2.37. The zero-order valence-corrected chi connectivity index (χ0v) is 11.0. The van der Waals surface area contributed by atoms with Gasteiger partial charge in [-0.25, -0.2) is 4.79 Å². The van der Waals surface area contributed by atoms with Crippen molar-refractivity contribution in [1.29, 1.82) is 0 Å². The molecule has 1 amide bonds. The van der Waals surface area contributed by atoms with E-state index in [0.29, 0.717) is 25.1 Å². The van der Waals surface area contributed by atoms with Gasteiger partial charge >= 0.3 is 5.97 Å². The molecular formula is C16H15NO3. The zero-order valence-electron chi connectivity index (χ0n) is 11.0. The maximum Gasteiger partial charge on any atom is 0.335 e. The minimum atomic E-state index is -0.926. The highest BCUT2D eigenvalue weighted by molar-refractivity contribution is 5.93. The summed E-state index contributed by atoms with van der Waals surface area (Å²) >= 11 is 0. The van der Waals surface area contributed by atoms with Crippen LogP contribution in [0.2, 0.25) is 0 Å². The molecule has 3 rings (SSSR count). The number of carbonyl (C=O) groups is 2. The number of amides is 1. The molecule has 1 fully saturated rings. The topological polar surface area (TPSA) is 57.6 Å². The molecular weight excluding hydrogens is 254 g/mol. The lowest BCUT2D eigenvalue weighted by Crippen LogP contribution is -2.26. The fourth-order valence-electron chi connectivity index (χ4n) is 2.78. The fraction of sp³-hybridized carbons (Fsp3) is 0.250. The van der Waals surface area contributed by atoms with Crippen LogP contribution in [0.3, 0.4) is 0 Å². The second-order valence-electron chi connectivity index (χ2n) is 5.15. The molecule has 0 saturated carbocycles. The van der Waals surface area contributed by atoms with Crippen LogP contribution in [-0.4, -0.2) is 28.4 Å². The van der Waals surface area contributed by atoms with E-state index in [9.17, 15) is 9.59 Å². The first-order valence-corrected chi connectivity index (χ1v) is 6.62. The van der Waals surface area contributed by atoms with Crippen molar-refractivity contribution in [2.75, 3.05) is 6.54 Å². The second kappa shape index (κ2) is 4.96. The lowest BCUT2D eigenvalue weighted by molar-refractivity contribution is -0.133. The van der Waals surface area contributed by atoms with Crippen LogP contribution in [0.4, 0.5) is 0 Å². The van der Waals surface area contributed by atoms with E-state index in [1.807, 2.05) is 30.3 Å². The molecule has 1 atom stereocenters. The molecule has 2 aliphatic rings. The van der Waals surface area contributed by atoms with Crippen molar-refractivity contribution in [3.63, 3.8) is 0 Å². The Labute approximate surface area is 117 Å². The summed E-state index contributed by atoms with van der Waals surface area (Å²) < 4.78 is 0. The molecule has 20 heavy (non-hydrogen) atoms. The number of hydrogen-bond acceptors (Lipinski definition) is 2. The Bertz CT molecular complexity index is 616. The Balaban J connectivity index is 1.77. The molecule has 1 unspecified atom stereocenters. The number of likely N-dealkylation sites (tertiary alicyclic amines) is 1. The Kier molecular flexibility index (Phi) is 3.14. The molecule has 0 aromatic heterocycles. The third-order valence-corrected chi connectivity index (χ3v) is 3.81.